The van der Waals surface area contributed by atoms with Gasteiger partial charge < -0.3 is 9.11 Å². The van der Waals surface area contributed by atoms with Crippen molar-refractivity contribution >= 4 is 55.2 Å². The SMILES string of the molecule is O=S([O-])c1cc(Cl)ccc1S(=O)(=O)c1ccc(Cl)cc1S(=O)[O-]. The minimum Gasteiger partial charge on any atom is -0.768 e. The van der Waals surface area contributed by atoms with E-state index in [0.717, 1.165) is 24.3 Å². The molecule has 2 aromatic carbocycles. The third-order valence-corrected chi connectivity index (χ3v) is 6.74. The lowest BCUT2D eigenvalue weighted by molar-refractivity contribution is 0.532. The van der Waals surface area contributed by atoms with Gasteiger partial charge in [-0.3, -0.25) is 8.42 Å². The van der Waals surface area contributed by atoms with Gasteiger partial charge in [0.15, 0.2) is 0 Å². The van der Waals surface area contributed by atoms with Crippen molar-refractivity contribution in [1.29, 1.82) is 0 Å². The molecule has 0 aliphatic rings. The van der Waals surface area contributed by atoms with Gasteiger partial charge in [-0.05, 0) is 58.6 Å². The first-order chi connectivity index (χ1) is 10.6. The van der Waals surface area contributed by atoms with Crippen molar-refractivity contribution in [3.05, 3.63) is 46.4 Å². The standard InChI is InChI=1S/C12H8Cl2O6S3/c13-7-1-3-11(9(5-7)21(15)16)23(19,20)12-4-2-8(14)6-10(12)22(17)18/h1-6H,(H,15,16)(H,17,18)/p-2. The van der Waals surface area contributed by atoms with Crippen LogP contribution in [0.2, 0.25) is 10.0 Å². The Morgan fingerprint density at radius 1 is 0.783 bits per heavy atom. The molecule has 2 rings (SSSR count). The number of rotatable bonds is 4. The molecule has 124 valence electrons. The summed E-state index contributed by atoms with van der Waals surface area (Å²) < 4.78 is 70.4. The van der Waals surface area contributed by atoms with E-state index in [-0.39, 0.29) is 10.0 Å². The van der Waals surface area contributed by atoms with Gasteiger partial charge in [0.2, 0.25) is 9.84 Å². The van der Waals surface area contributed by atoms with Crippen LogP contribution in [0.3, 0.4) is 0 Å². The first-order valence-corrected chi connectivity index (χ1v) is 10.1. The van der Waals surface area contributed by atoms with Gasteiger partial charge in [0.1, 0.15) is 0 Å². The fourth-order valence-electron chi connectivity index (χ4n) is 1.79. The minimum absolute atomic E-state index is 0.0203. The Balaban J connectivity index is 2.79. The van der Waals surface area contributed by atoms with E-state index in [2.05, 4.69) is 0 Å². The van der Waals surface area contributed by atoms with Gasteiger partial charge in [0.05, 0.1) is 9.79 Å². The molecule has 0 bridgehead atoms. The first-order valence-electron chi connectivity index (χ1n) is 5.67. The third-order valence-electron chi connectivity index (χ3n) is 2.75. The molecule has 2 unspecified atom stereocenters. The van der Waals surface area contributed by atoms with E-state index < -0.39 is 51.6 Å². The van der Waals surface area contributed by atoms with Crippen LogP contribution in [0.1, 0.15) is 0 Å². The Kier molecular flexibility index (Phi) is 5.62. The Morgan fingerprint density at radius 3 is 1.43 bits per heavy atom. The Bertz CT molecular complexity index is 857. The van der Waals surface area contributed by atoms with Crippen LogP contribution in [0.5, 0.6) is 0 Å². The summed E-state index contributed by atoms with van der Waals surface area (Å²) in [7, 11) is -4.43. The summed E-state index contributed by atoms with van der Waals surface area (Å²) in [6.45, 7) is 0. The molecule has 0 aliphatic carbocycles. The molecule has 0 radical (unpaired) electrons. The molecule has 0 N–H and O–H groups in total. The quantitative estimate of drug-likeness (QED) is 0.711. The fourth-order valence-corrected chi connectivity index (χ4v) is 5.62. The number of benzene rings is 2. The summed E-state index contributed by atoms with van der Waals surface area (Å²) in [6, 6.07) is 6.29. The molecular formula is C12H6Cl2O6S3-2. The lowest BCUT2D eigenvalue weighted by Crippen LogP contribution is -2.10. The van der Waals surface area contributed by atoms with E-state index in [4.69, 9.17) is 23.2 Å². The third kappa shape index (κ3) is 3.82. The van der Waals surface area contributed by atoms with Crippen molar-refractivity contribution in [3.63, 3.8) is 0 Å². The number of sulfone groups is 1. The number of halogens is 2. The maximum absolute atomic E-state index is 12.7. The van der Waals surface area contributed by atoms with Crippen molar-refractivity contribution in [1.82, 2.24) is 0 Å². The predicted octanol–water partition coefficient (Wildman–Crippen LogP) is 2.30. The van der Waals surface area contributed by atoms with Crippen LogP contribution in [0.4, 0.5) is 0 Å². The zero-order chi connectivity index (χ0) is 17.4. The summed E-state index contributed by atoms with van der Waals surface area (Å²) in [4.78, 5) is -2.28. The van der Waals surface area contributed by atoms with Crippen molar-refractivity contribution in [2.24, 2.45) is 0 Å². The van der Waals surface area contributed by atoms with Gasteiger partial charge in [-0.1, -0.05) is 23.2 Å². The largest absolute Gasteiger partial charge is 0.768 e. The Morgan fingerprint density at radius 2 is 1.13 bits per heavy atom. The molecule has 11 heteroatoms. The molecule has 0 saturated heterocycles. The Hall–Kier alpha value is -0.810. The zero-order valence-electron chi connectivity index (χ0n) is 10.9. The molecule has 0 heterocycles. The molecule has 6 nitrogen and oxygen atoms in total. The van der Waals surface area contributed by atoms with Gasteiger partial charge in [0, 0.05) is 19.8 Å². The molecular weight excluding hydrogens is 407 g/mol. The van der Waals surface area contributed by atoms with E-state index in [9.17, 15) is 25.9 Å². The van der Waals surface area contributed by atoms with Crippen LogP contribution in [-0.4, -0.2) is 25.9 Å². The predicted molar refractivity (Wildman–Crippen MR) is 82.7 cm³/mol. The highest BCUT2D eigenvalue weighted by Gasteiger charge is 2.25. The average molecular weight is 413 g/mol. The lowest BCUT2D eigenvalue weighted by Gasteiger charge is -2.16. The van der Waals surface area contributed by atoms with Crippen LogP contribution in [0.25, 0.3) is 0 Å². The van der Waals surface area contributed by atoms with E-state index in [1.807, 2.05) is 0 Å². The summed E-state index contributed by atoms with van der Waals surface area (Å²) in [5, 5.41) is 0.0405. The molecule has 0 aromatic heterocycles. The van der Waals surface area contributed by atoms with Crippen LogP contribution in [-0.2, 0) is 32.0 Å². The maximum atomic E-state index is 12.7. The molecule has 0 aliphatic heterocycles. The second-order valence-electron chi connectivity index (χ2n) is 4.15. The van der Waals surface area contributed by atoms with Crippen LogP contribution < -0.4 is 0 Å². The molecule has 0 saturated carbocycles. The van der Waals surface area contributed by atoms with Gasteiger partial charge in [-0.2, -0.15) is 0 Å². The van der Waals surface area contributed by atoms with Gasteiger partial charge in [-0.25, -0.2) is 8.42 Å². The van der Waals surface area contributed by atoms with E-state index in [1.54, 1.807) is 0 Å². The highest BCUT2D eigenvalue weighted by Crippen LogP contribution is 2.32. The van der Waals surface area contributed by atoms with Crippen molar-refractivity contribution < 1.29 is 25.9 Å². The van der Waals surface area contributed by atoms with Crippen LogP contribution in [0, 0.1) is 0 Å². The second kappa shape index (κ2) is 6.98. The van der Waals surface area contributed by atoms with Gasteiger partial charge >= 0.3 is 0 Å². The molecule has 0 amide bonds. The monoisotopic (exact) mass is 412 g/mol. The van der Waals surface area contributed by atoms with E-state index in [1.165, 1.54) is 12.1 Å². The molecule has 0 spiro atoms. The van der Waals surface area contributed by atoms with E-state index >= 15 is 0 Å². The van der Waals surface area contributed by atoms with Crippen LogP contribution >= 0.6 is 23.2 Å². The van der Waals surface area contributed by atoms with Gasteiger partial charge in [-0.15, -0.1) is 0 Å². The molecule has 23 heavy (non-hydrogen) atoms. The van der Waals surface area contributed by atoms with Crippen molar-refractivity contribution in [2.75, 3.05) is 0 Å². The molecule has 0 fully saturated rings. The molecule has 2 aromatic rings. The summed E-state index contributed by atoms with van der Waals surface area (Å²) in [6.07, 6.45) is 0. The highest BCUT2D eigenvalue weighted by atomic mass is 35.5. The minimum atomic E-state index is -4.43. The maximum Gasteiger partial charge on any atom is 0.208 e. The lowest BCUT2D eigenvalue weighted by atomic mass is 10.3. The van der Waals surface area contributed by atoms with Crippen molar-refractivity contribution in [3.8, 4) is 0 Å². The van der Waals surface area contributed by atoms with Gasteiger partial charge in [0.25, 0.3) is 0 Å². The fraction of sp³-hybridized carbons (Fsp3) is 0. The topological polar surface area (TPSA) is 114 Å². The summed E-state index contributed by atoms with van der Waals surface area (Å²) in [5.41, 5.74) is 0. The summed E-state index contributed by atoms with van der Waals surface area (Å²) in [5.74, 6) is 0. The normalized spacial score (nSPS) is 14.4. The van der Waals surface area contributed by atoms with E-state index in [0.29, 0.717) is 0 Å². The number of hydrogen-bond donors (Lipinski definition) is 0. The summed E-state index contributed by atoms with van der Waals surface area (Å²) >= 11 is 5.58. The number of hydrogen-bond acceptors (Lipinski definition) is 6. The second-order valence-corrected chi connectivity index (χ2v) is 8.73. The average Bonchev–Trinajstić information content (AvgIpc) is 2.46. The first kappa shape index (κ1) is 18.5. The Labute approximate surface area is 146 Å². The van der Waals surface area contributed by atoms with Crippen molar-refractivity contribution in [2.45, 2.75) is 19.6 Å². The zero-order valence-corrected chi connectivity index (χ0v) is 14.9. The smallest absolute Gasteiger partial charge is 0.208 e. The molecule has 2 atom stereocenters. The highest BCUT2D eigenvalue weighted by molar-refractivity contribution is 7.92. The van der Waals surface area contributed by atoms with Crippen LogP contribution in [0.15, 0.2) is 56.0 Å².